The SMILES string of the molecule is CCN1CCN(C(=O)c2ccnc(N(CC)C3CCS(=O)(=O)C3)n2)CC1. The van der Waals surface area contributed by atoms with Gasteiger partial charge in [0.05, 0.1) is 11.5 Å². The van der Waals surface area contributed by atoms with Crippen LogP contribution in [0.25, 0.3) is 0 Å². The quantitative estimate of drug-likeness (QED) is 0.723. The third kappa shape index (κ3) is 4.15. The minimum absolute atomic E-state index is 0.0838. The molecule has 1 aromatic heterocycles. The minimum atomic E-state index is -2.99. The number of rotatable bonds is 5. The molecule has 0 aliphatic carbocycles. The van der Waals surface area contributed by atoms with E-state index in [9.17, 15) is 13.2 Å². The van der Waals surface area contributed by atoms with Crippen molar-refractivity contribution in [1.82, 2.24) is 19.8 Å². The first kappa shape index (κ1) is 19.0. The fourth-order valence-corrected chi connectivity index (χ4v) is 5.35. The van der Waals surface area contributed by atoms with E-state index in [2.05, 4.69) is 21.8 Å². The van der Waals surface area contributed by atoms with Crippen molar-refractivity contribution in [3.05, 3.63) is 18.0 Å². The van der Waals surface area contributed by atoms with Crippen molar-refractivity contribution >= 4 is 21.7 Å². The second-order valence-electron chi connectivity index (χ2n) is 6.81. The summed E-state index contributed by atoms with van der Waals surface area (Å²) in [5.74, 6) is 0.683. The molecule has 0 bridgehead atoms. The highest BCUT2D eigenvalue weighted by Gasteiger charge is 2.33. The van der Waals surface area contributed by atoms with Crippen molar-refractivity contribution in [2.75, 3.05) is 55.7 Å². The van der Waals surface area contributed by atoms with Gasteiger partial charge in [-0.25, -0.2) is 18.4 Å². The Morgan fingerprint density at radius 3 is 2.58 bits per heavy atom. The maximum atomic E-state index is 12.8. The predicted octanol–water partition coefficient (Wildman–Crippen LogP) is 0.268. The molecule has 2 aliphatic rings. The molecule has 2 saturated heterocycles. The van der Waals surface area contributed by atoms with Crippen molar-refractivity contribution in [3.8, 4) is 0 Å². The normalized spacial score (nSPS) is 23.2. The van der Waals surface area contributed by atoms with E-state index in [-0.39, 0.29) is 23.5 Å². The second kappa shape index (κ2) is 7.87. The lowest BCUT2D eigenvalue weighted by Gasteiger charge is -2.34. The number of sulfone groups is 1. The molecule has 144 valence electrons. The molecule has 2 fully saturated rings. The summed E-state index contributed by atoms with van der Waals surface area (Å²) in [6.45, 7) is 8.82. The fraction of sp³-hybridized carbons (Fsp3) is 0.706. The maximum absolute atomic E-state index is 12.8. The highest BCUT2D eigenvalue weighted by Crippen LogP contribution is 2.21. The number of aromatic nitrogens is 2. The summed E-state index contributed by atoms with van der Waals surface area (Å²) in [4.78, 5) is 27.6. The van der Waals surface area contributed by atoms with E-state index in [0.29, 0.717) is 37.7 Å². The highest BCUT2D eigenvalue weighted by atomic mass is 32.2. The third-order valence-corrected chi connectivity index (χ3v) is 6.97. The number of hydrogen-bond acceptors (Lipinski definition) is 7. The molecule has 1 amide bonds. The van der Waals surface area contributed by atoms with Crippen LogP contribution in [0, 0.1) is 0 Å². The lowest BCUT2D eigenvalue weighted by Crippen LogP contribution is -2.48. The Balaban J connectivity index is 1.74. The zero-order valence-corrected chi connectivity index (χ0v) is 16.3. The van der Waals surface area contributed by atoms with E-state index < -0.39 is 9.84 Å². The number of carbonyl (C=O) groups is 1. The van der Waals surface area contributed by atoms with Gasteiger partial charge in [0.15, 0.2) is 9.84 Å². The van der Waals surface area contributed by atoms with Gasteiger partial charge in [-0.2, -0.15) is 0 Å². The van der Waals surface area contributed by atoms with Crippen LogP contribution in [0.15, 0.2) is 12.3 Å². The van der Waals surface area contributed by atoms with E-state index in [1.54, 1.807) is 12.3 Å². The van der Waals surface area contributed by atoms with Gasteiger partial charge in [-0.05, 0) is 26.0 Å². The van der Waals surface area contributed by atoms with Crippen LogP contribution in [-0.4, -0.2) is 90.9 Å². The molecule has 2 aliphatic heterocycles. The molecule has 3 rings (SSSR count). The first-order valence-electron chi connectivity index (χ1n) is 9.25. The third-order valence-electron chi connectivity index (χ3n) is 5.22. The number of piperazine rings is 1. The van der Waals surface area contributed by atoms with Crippen molar-refractivity contribution in [2.45, 2.75) is 26.3 Å². The van der Waals surface area contributed by atoms with Crippen LogP contribution in [0.5, 0.6) is 0 Å². The van der Waals surface area contributed by atoms with Crippen LogP contribution in [0.3, 0.4) is 0 Å². The molecule has 0 aromatic carbocycles. The van der Waals surface area contributed by atoms with E-state index in [1.807, 2.05) is 16.7 Å². The number of amides is 1. The number of likely N-dealkylation sites (N-methyl/N-ethyl adjacent to an activating group) is 1. The summed E-state index contributed by atoms with van der Waals surface area (Å²) >= 11 is 0. The molecular formula is C17H27N5O3S. The summed E-state index contributed by atoms with van der Waals surface area (Å²) < 4.78 is 23.6. The monoisotopic (exact) mass is 381 g/mol. The Hall–Kier alpha value is -1.74. The van der Waals surface area contributed by atoms with Crippen molar-refractivity contribution in [2.24, 2.45) is 0 Å². The molecule has 9 heteroatoms. The first-order valence-corrected chi connectivity index (χ1v) is 11.1. The van der Waals surface area contributed by atoms with Gasteiger partial charge in [-0.15, -0.1) is 0 Å². The van der Waals surface area contributed by atoms with Crippen LogP contribution < -0.4 is 4.90 Å². The van der Waals surface area contributed by atoms with Gasteiger partial charge >= 0.3 is 0 Å². The summed E-state index contributed by atoms with van der Waals surface area (Å²) in [6, 6.07) is 1.51. The minimum Gasteiger partial charge on any atom is -0.337 e. The highest BCUT2D eigenvalue weighted by molar-refractivity contribution is 7.91. The second-order valence-corrected chi connectivity index (χ2v) is 9.04. The van der Waals surface area contributed by atoms with Gasteiger partial charge in [-0.1, -0.05) is 6.92 Å². The smallest absolute Gasteiger partial charge is 0.272 e. The van der Waals surface area contributed by atoms with Crippen LogP contribution in [-0.2, 0) is 9.84 Å². The molecule has 1 atom stereocenters. The van der Waals surface area contributed by atoms with Gasteiger partial charge in [0.1, 0.15) is 5.69 Å². The van der Waals surface area contributed by atoms with Gasteiger partial charge in [0, 0.05) is 45.0 Å². The zero-order valence-electron chi connectivity index (χ0n) is 15.5. The van der Waals surface area contributed by atoms with Crippen molar-refractivity contribution in [1.29, 1.82) is 0 Å². The summed E-state index contributed by atoms with van der Waals surface area (Å²) in [5.41, 5.74) is 0.374. The van der Waals surface area contributed by atoms with Gasteiger partial charge < -0.3 is 14.7 Å². The van der Waals surface area contributed by atoms with Gasteiger partial charge in [0.2, 0.25) is 5.95 Å². The van der Waals surface area contributed by atoms with Gasteiger partial charge in [0.25, 0.3) is 5.91 Å². The molecule has 8 nitrogen and oxygen atoms in total. The van der Waals surface area contributed by atoms with E-state index in [1.165, 1.54) is 0 Å². The first-order chi connectivity index (χ1) is 12.4. The number of anilines is 1. The molecular weight excluding hydrogens is 354 g/mol. The summed E-state index contributed by atoms with van der Waals surface area (Å²) in [6.07, 6.45) is 2.17. The molecule has 1 unspecified atom stereocenters. The lowest BCUT2D eigenvalue weighted by molar-refractivity contribution is 0.0637. The molecule has 0 spiro atoms. The predicted molar refractivity (Wildman–Crippen MR) is 100 cm³/mol. The van der Waals surface area contributed by atoms with Crippen LogP contribution in [0.1, 0.15) is 30.8 Å². The number of carbonyl (C=O) groups excluding carboxylic acids is 1. The average Bonchev–Trinajstić information content (AvgIpc) is 3.01. The van der Waals surface area contributed by atoms with Crippen LogP contribution in [0.2, 0.25) is 0 Å². The molecule has 26 heavy (non-hydrogen) atoms. The van der Waals surface area contributed by atoms with Gasteiger partial charge in [-0.3, -0.25) is 4.79 Å². The Bertz CT molecular complexity index is 747. The Labute approximate surface area is 155 Å². The Morgan fingerprint density at radius 1 is 1.27 bits per heavy atom. The fourth-order valence-electron chi connectivity index (χ4n) is 3.62. The van der Waals surface area contributed by atoms with E-state index >= 15 is 0 Å². The van der Waals surface area contributed by atoms with Crippen molar-refractivity contribution < 1.29 is 13.2 Å². The average molecular weight is 382 g/mol. The van der Waals surface area contributed by atoms with Crippen LogP contribution >= 0.6 is 0 Å². The Kier molecular flexibility index (Phi) is 5.76. The number of hydrogen-bond donors (Lipinski definition) is 0. The molecule has 0 N–H and O–H groups in total. The van der Waals surface area contributed by atoms with Crippen molar-refractivity contribution in [3.63, 3.8) is 0 Å². The number of nitrogens with zero attached hydrogens (tertiary/aromatic N) is 5. The van der Waals surface area contributed by atoms with E-state index in [0.717, 1.165) is 19.6 Å². The standard InChI is InChI=1S/C17H27N5O3S/c1-3-20-8-10-21(11-9-20)16(23)15-5-7-18-17(19-15)22(4-2)14-6-12-26(24,25)13-14/h5,7,14H,3-4,6,8-13H2,1-2H3. The molecule has 0 radical (unpaired) electrons. The Morgan fingerprint density at radius 2 is 2.00 bits per heavy atom. The summed E-state index contributed by atoms with van der Waals surface area (Å²) in [5, 5.41) is 0. The van der Waals surface area contributed by atoms with Crippen LogP contribution in [0.4, 0.5) is 5.95 Å². The molecule has 0 saturated carbocycles. The molecule has 1 aromatic rings. The molecule has 3 heterocycles. The topological polar surface area (TPSA) is 86.7 Å². The zero-order chi connectivity index (χ0) is 18.7. The summed E-state index contributed by atoms with van der Waals surface area (Å²) in [7, 11) is -2.99. The lowest BCUT2D eigenvalue weighted by atomic mass is 10.2. The largest absolute Gasteiger partial charge is 0.337 e. The maximum Gasteiger partial charge on any atom is 0.272 e. The van der Waals surface area contributed by atoms with E-state index in [4.69, 9.17) is 0 Å².